The summed E-state index contributed by atoms with van der Waals surface area (Å²) in [5.41, 5.74) is 6.76. The number of benzene rings is 1. The lowest BCUT2D eigenvalue weighted by Gasteiger charge is -2.12. The van der Waals surface area contributed by atoms with Gasteiger partial charge in [0.25, 0.3) is 0 Å². The molecule has 0 saturated carbocycles. The van der Waals surface area contributed by atoms with Gasteiger partial charge in [-0.2, -0.15) is 5.26 Å². The summed E-state index contributed by atoms with van der Waals surface area (Å²) in [7, 11) is 1.86. The van der Waals surface area contributed by atoms with Crippen LogP contribution in [0.5, 0.6) is 0 Å². The molecule has 0 aliphatic heterocycles. The van der Waals surface area contributed by atoms with Crippen molar-refractivity contribution in [2.45, 2.75) is 33.6 Å². The van der Waals surface area contributed by atoms with Crippen LogP contribution in [0.3, 0.4) is 0 Å². The van der Waals surface area contributed by atoms with Crippen molar-refractivity contribution in [1.82, 2.24) is 4.98 Å². The summed E-state index contributed by atoms with van der Waals surface area (Å²) in [6, 6.07) is 12.6. The van der Waals surface area contributed by atoms with Crippen molar-refractivity contribution < 1.29 is 0 Å². The number of allylic oxidation sites excluding steroid dienone is 2. The molecule has 2 aromatic rings. The van der Waals surface area contributed by atoms with E-state index in [4.69, 9.17) is 0 Å². The Hall–Kier alpha value is -2.60. The maximum atomic E-state index is 9.67. The SMILES string of the molecule is CNc1ccc(/C(C)=C(\C#N)c2ccc(C(C)C)cc2C)nc1. The third-order valence-corrected chi connectivity index (χ3v) is 4.11. The van der Waals surface area contributed by atoms with Crippen LogP contribution < -0.4 is 5.32 Å². The van der Waals surface area contributed by atoms with E-state index in [2.05, 4.69) is 55.3 Å². The van der Waals surface area contributed by atoms with Gasteiger partial charge in [0.2, 0.25) is 0 Å². The lowest BCUT2D eigenvalue weighted by atomic mass is 9.92. The Morgan fingerprint density at radius 3 is 2.43 bits per heavy atom. The molecule has 0 unspecified atom stereocenters. The van der Waals surface area contributed by atoms with E-state index in [0.717, 1.165) is 28.1 Å². The molecule has 1 heterocycles. The van der Waals surface area contributed by atoms with Crippen LogP contribution in [-0.4, -0.2) is 12.0 Å². The molecule has 0 bridgehead atoms. The van der Waals surface area contributed by atoms with Crippen LogP contribution in [0.2, 0.25) is 0 Å². The average molecular weight is 305 g/mol. The highest BCUT2D eigenvalue weighted by Crippen LogP contribution is 2.29. The first kappa shape index (κ1) is 16.8. The molecule has 3 nitrogen and oxygen atoms in total. The molecular weight excluding hydrogens is 282 g/mol. The normalized spacial score (nSPS) is 11.9. The zero-order valence-electron chi connectivity index (χ0n) is 14.4. The highest BCUT2D eigenvalue weighted by molar-refractivity contribution is 5.96. The molecule has 23 heavy (non-hydrogen) atoms. The molecule has 0 radical (unpaired) electrons. The summed E-state index contributed by atoms with van der Waals surface area (Å²) in [5, 5.41) is 12.7. The van der Waals surface area contributed by atoms with E-state index in [0.29, 0.717) is 11.5 Å². The van der Waals surface area contributed by atoms with Gasteiger partial charge in [-0.25, -0.2) is 0 Å². The van der Waals surface area contributed by atoms with Crippen LogP contribution >= 0.6 is 0 Å². The van der Waals surface area contributed by atoms with Gasteiger partial charge in [-0.15, -0.1) is 0 Å². The zero-order chi connectivity index (χ0) is 17.0. The summed E-state index contributed by atoms with van der Waals surface area (Å²) in [6.45, 7) is 8.36. The fraction of sp³-hybridized carbons (Fsp3) is 0.300. The van der Waals surface area contributed by atoms with Crippen molar-refractivity contribution in [2.24, 2.45) is 0 Å². The van der Waals surface area contributed by atoms with Gasteiger partial charge in [-0.05, 0) is 54.2 Å². The monoisotopic (exact) mass is 305 g/mol. The molecule has 2 rings (SSSR count). The predicted molar refractivity (Wildman–Crippen MR) is 97.2 cm³/mol. The van der Waals surface area contributed by atoms with Crippen molar-refractivity contribution in [3.8, 4) is 6.07 Å². The molecule has 1 aromatic carbocycles. The quantitative estimate of drug-likeness (QED) is 0.808. The summed E-state index contributed by atoms with van der Waals surface area (Å²) in [6.07, 6.45) is 1.78. The summed E-state index contributed by atoms with van der Waals surface area (Å²) < 4.78 is 0. The Balaban J connectivity index is 2.51. The van der Waals surface area contributed by atoms with E-state index < -0.39 is 0 Å². The number of nitriles is 1. The number of hydrogen-bond donors (Lipinski definition) is 1. The lowest BCUT2D eigenvalue weighted by Crippen LogP contribution is -1.96. The van der Waals surface area contributed by atoms with Crippen molar-refractivity contribution >= 4 is 16.8 Å². The lowest BCUT2D eigenvalue weighted by molar-refractivity contribution is 0.864. The minimum absolute atomic E-state index is 0.481. The van der Waals surface area contributed by atoms with Crippen LogP contribution in [0, 0.1) is 18.3 Å². The fourth-order valence-corrected chi connectivity index (χ4v) is 2.56. The van der Waals surface area contributed by atoms with Gasteiger partial charge in [-0.3, -0.25) is 4.98 Å². The molecule has 0 spiro atoms. The Morgan fingerprint density at radius 2 is 1.96 bits per heavy atom. The molecule has 0 atom stereocenters. The van der Waals surface area contributed by atoms with Crippen LogP contribution in [0.4, 0.5) is 5.69 Å². The topological polar surface area (TPSA) is 48.7 Å². The molecule has 0 aliphatic rings. The Morgan fingerprint density at radius 1 is 1.22 bits per heavy atom. The second-order valence-electron chi connectivity index (χ2n) is 6.02. The first-order valence-corrected chi connectivity index (χ1v) is 7.84. The van der Waals surface area contributed by atoms with Gasteiger partial charge in [-0.1, -0.05) is 32.0 Å². The average Bonchev–Trinajstić information content (AvgIpc) is 2.56. The molecule has 0 amide bonds. The van der Waals surface area contributed by atoms with Gasteiger partial charge < -0.3 is 5.32 Å². The Kier molecular flexibility index (Phi) is 5.18. The smallest absolute Gasteiger partial charge is 0.100 e. The van der Waals surface area contributed by atoms with E-state index in [1.807, 2.05) is 26.1 Å². The van der Waals surface area contributed by atoms with E-state index in [9.17, 15) is 5.26 Å². The number of hydrogen-bond acceptors (Lipinski definition) is 3. The molecule has 0 fully saturated rings. The van der Waals surface area contributed by atoms with Gasteiger partial charge in [0.05, 0.1) is 23.2 Å². The summed E-state index contributed by atoms with van der Waals surface area (Å²) in [5.74, 6) is 0.481. The Labute approximate surface area is 138 Å². The van der Waals surface area contributed by atoms with Gasteiger partial charge in [0.1, 0.15) is 6.07 Å². The molecule has 1 N–H and O–H groups in total. The molecule has 3 heteroatoms. The zero-order valence-corrected chi connectivity index (χ0v) is 14.4. The minimum Gasteiger partial charge on any atom is -0.387 e. The summed E-state index contributed by atoms with van der Waals surface area (Å²) >= 11 is 0. The van der Waals surface area contributed by atoms with Crippen molar-refractivity contribution in [2.75, 3.05) is 12.4 Å². The number of pyridine rings is 1. The first-order valence-electron chi connectivity index (χ1n) is 7.84. The van der Waals surface area contributed by atoms with Gasteiger partial charge in [0, 0.05) is 7.05 Å². The van der Waals surface area contributed by atoms with E-state index >= 15 is 0 Å². The van der Waals surface area contributed by atoms with E-state index in [-0.39, 0.29) is 0 Å². The third kappa shape index (κ3) is 3.60. The van der Waals surface area contributed by atoms with Crippen LogP contribution in [0.25, 0.3) is 11.1 Å². The number of aryl methyl sites for hydroxylation is 1. The van der Waals surface area contributed by atoms with E-state index in [1.54, 1.807) is 6.20 Å². The first-order chi connectivity index (χ1) is 11.0. The standard InChI is InChI=1S/C20H23N3/c1-13(2)16-6-8-18(14(3)10-16)19(11-21)15(4)20-9-7-17(22-5)12-23-20/h6-10,12-13,22H,1-5H3/b19-15+. The van der Waals surface area contributed by atoms with Crippen molar-refractivity contribution in [1.29, 1.82) is 5.26 Å². The number of nitrogens with zero attached hydrogens (tertiary/aromatic N) is 2. The molecule has 0 aliphatic carbocycles. The highest BCUT2D eigenvalue weighted by Gasteiger charge is 2.12. The van der Waals surface area contributed by atoms with Gasteiger partial charge >= 0.3 is 0 Å². The van der Waals surface area contributed by atoms with Crippen LogP contribution in [-0.2, 0) is 0 Å². The second kappa shape index (κ2) is 7.11. The number of anilines is 1. The third-order valence-electron chi connectivity index (χ3n) is 4.11. The number of aromatic nitrogens is 1. The molecule has 1 aromatic heterocycles. The molecule has 118 valence electrons. The fourth-order valence-electron chi connectivity index (χ4n) is 2.56. The summed E-state index contributed by atoms with van der Waals surface area (Å²) in [4.78, 5) is 4.45. The Bertz CT molecular complexity index is 762. The number of rotatable bonds is 4. The van der Waals surface area contributed by atoms with Crippen LogP contribution in [0.1, 0.15) is 49.1 Å². The maximum absolute atomic E-state index is 9.67. The number of nitrogens with one attached hydrogen (secondary N) is 1. The van der Waals surface area contributed by atoms with Crippen LogP contribution in [0.15, 0.2) is 36.5 Å². The van der Waals surface area contributed by atoms with E-state index in [1.165, 1.54) is 5.56 Å². The van der Waals surface area contributed by atoms with Crippen molar-refractivity contribution in [3.63, 3.8) is 0 Å². The largest absolute Gasteiger partial charge is 0.387 e. The second-order valence-corrected chi connectivity index (χ2v) is 6.02. The highest BCUT2D eigenvalue weighted by atomic mass is 14.8. The predicted octanol–water partition coefficient (Wildman–Crippen LogP) is 5.01. The molecular formula is C20H23N3. The maximum Gasteiger partial charge on any atom is 0.100 e. The van der Waals surface area contributed by atoms with Gasteiger partial charge in [0.15, 0.2) is 0 Å². The molecule has 0 saturated heterocycles. The van der Waals surface area contributed by atoms with Crippen molar-refractivity contribution in [3.05, 3.63) is 58.9 Å². The minimum atomic E-state index is 0.481.